The molecule has 3 heteroatoms. The van der Waals surface area contributed by atoms with Gasteiger partial charge >= 0.3 is 0 Å². The van der Waals surface area contributed by atoms with Crippen molar-refractivity contribution in [3.8, 4) is 0 Å². The van der Waals surface area contributed by atoms with E-state index in [1.165, 1.54) is 0 Å². The van der Waals surface area contributed by atoms with Gasteiger partial charge in [0.1, 0.15) is 0 Å². The van der Waals surface area contributed by atoms with Crippen molar-refractivity contribution in [2.24, 2.45) is 11.3 Å². The molecule has 0 aromatic carbocycles. The summed E-state index contributed by atoms with van der Waals surface area (Å²) in [6.07, 6.45) is 1.68. The molecule has 0 aromatic rings. The first-order valence-corrected chi connectivity index (χ1v) is 4.51. The second kappa shape index (κ2) is 2.83. The van der Waals surface area contributed by atoms with Crippen molar-refractivity contribution in [1.82, 2.24) is 10.6 Å². The Labute approximate surface area is 72.9 Å². The topological polar surface area (TPSA) is 44.3 Å². The third-order valence-electron chi connectivity index (χ3n) is 3.16. The van der Waals surface area contributed by atoms with Gasteiger partial charge in [0.2, 0.25) is 0 Å². The third kappa shape index (κ3) is 1.01. The number of hydrogen-bond donors (Lipinski definition) is 3. The number of piperidine rings is 2. The van der Waals surface area contributed by atoms with Gasteiger partial charge in [-0.05, 0) is 0 Å². The van der Waals surface area contributed by atoms with Crippen molar-refractivity contribution in [1.29, 1.82) is 0 Å². The molecule has 2 rings (SSSR count). The molecule has 2 bridgehead atoms. The molecule has 2 heterocycles. The zero-order valence-corrected chi connectivity index (χ0v) is 7.21. The number of nitrogens with one attached hydrogen (secondary N) is 2. The fourth-order valence-electron chi connectivity index (χ4n) is 2.28. The minimum Gasteiger partial charge on any atom is -0.392 e. The lowest BCUT2D eigenvalue weighted by Gasteiger charge is -2.48. The van der Waals surface area contributed by atoms with Gasteiger partial charge in [-0.15, -0.1) is 6.58 Å². The van der Waals surface area contributed by atoms with Crippen molar-refractivity contribution in [2.75, 3.05) is 26.2 Å². The van der Waals surface area contributed by atoms with E-state index < -0.39 is 0 Å². The predicted octanol–water partition coefficient (Wildman–Crippen LogP) is -0.658. The summed E-state index contributed by atoms with van der Waals surface area (Å²) in [6, 6.07) is 0. The Morgan fingerprint density at radius 3 is 2.33 bits per heavy atom. The largest absolute Gasteiger partial charge is 0.392 e. The Balaban J connectivity index is 2.23. The number of fused-ring (bicyclic) bond motifs is 2. The maximum absolute atomic E-state index is 9.99. The molecule has 2 aliphatic heterocycles. The zero-order valence-electron chi connectivity index (χ0n) is 7.21. The lowest BCUT2D eigenvalue weighted by Crippen LogP contribution is -2.64. The van der Waals surface area contributed by atoms with Gasteiger partial charge in [0.15, 0.2) is 0 Å². The van der Waals surface area contributed by atoms with E-state index in [0.717, 1.165) is 26.2 Å². The maximum Gasteiger partial charge on any atom is 0.0707 e. The van der Waals surface area contributed by atoms with Crippen LogP contribution in [0, 0.1) is 11.3 Å². The molecule has 0 aliphatic carbocycles. The summed E-state index contributed by atoms with van der Waals surface area (Å²) in [5.74, 6) is 0.352. The second-order valence-corrected chi connectivity index (χ2v) is 3.90. The zero-order chi connectivity index (χ0) is 8.60. The van der Waals surface area contributed by atoms with Crippen LogP contribution in [0.1, 0.15) is 0 Å². The van der Waals surface area contributed by atoms with E-state index >= 15 is 0 Å². The highest BCUT2D eigenvalue weighted by atomic mass is 16.3. The molecule has 0 saturated carbocycles. The van der Waals surface area contributed by atoms with Crippen LogP contribution in [0.4, 0.5) is 0 Å². The van der Waals surface area contributed by atoms with E-state index in [0.29, 0.717) is 5.92 Å². The number of aliphatic hydroxyl groups is 1. The molecule has 0 radical (unpaired) electrons. The molecule has 1 unspecified atom stereocenters. The quantitative estimate of drug-likeness (QED) is 0.456. The van der Waals surface area contributed by atoms with Gasteiger partial charge in [0.05, 0.1) is 6.10 Å². The Bertz CT molecular complexity index is 183. The molecule has 3 nitrogen and oxygen atoms in total. The van der Waals surface area contributed by atoms with E-state index in [-0.39, 0.29) is 11.5 Å². The van der Waals surface area contributed by atoms with E-state index in [9.17, 15) is 5.11 Å². The Kier molecular flexibility index (Phi) is 1.94. The highest BCUT2D eigenvalue weighted by molar-refractivity contribution is 5.10. The molecule has 2 saturated heterocycles. The van der Waals surface area contributed by atoms with Crippen molar-refractivity contribution >= 4 is 0 Å². The summed E-state index contributed by atoms with van der Waals surface area (Å²) in [5.41, 5.74) is -0.124. The molecular formula is C9H16N2O. The highest BCUT2D eigenvalue weighted by Crippen LogP contribution is 2.33. The molecule has 2 fully saturated rings. The molecule has 2 aliphatic rings. The maximum atomic E-state index is 9.99. The smallest absolute Gasteiger partial charge is 0.0707 e. The summed E-state index contributed by atoms with van der Waals surface area (Å²) in [4.78, 5) is 0. The average molecular weight is 168 g/mol. The SMILES string of the molecule is C=C[C@]12CNC[C@H](CNC1)C2O. The van der Waals surface area contributed by atoms with Gasteiger partial charge in [0, 0.05) is 37.5 Å². The number of hydrogen-bond acceptors (Lipinski definition) is 3. The molecule has 0 spiro atoms. The van der Waals surface area contributed by atoms with Crippen LogP contribution in [0.2, 0.25) is 0 Å². The van der Waals surface area contributed by atoms with Gasteiger partial charge in [-0.25, -0.2) is 0 Å². The van der Waals surface area contributed by atoms with Crippen molar-refractivity contribution in [2.45, 2.75) is 6.10 Å². The first-order valence-electron chi connectivity index (χ1n) is 4.51. The summed E-state index contributed by atoms with van der Waals surface area (Å²) < 4.78 is 0. The standard InChI is InChI=1S/C9H16N2O/c1-2-9-5-10-3-7(8(9)12)4-11-6-9/h2,7-8,10-12H,1,3-6H2/t7-,8?,9+. The minimum atomic E-state index is -0.211. The van der Waals surface area contributed by atoms with Crippen molar-refractivity contribution in [3.05, 3.63) is 12.7 Å². The lowest BCUT2D eigenvalue weighted by atomic mass is 9.71. The molecule has 0 amide bonds. The fourth-order valence-corrected chi connectivity index (χ4v) is 2.28. The highest BCUT2D eigenvalue weighted by Gasteiger charge is 2.45. The van der Waals surface area contributed by atoms with Gasteiger partial charge in [-0.1, -0.05) is 6.08 Å². The van der Waals surface area contributed by atoms with Crippen LogP contribution < -0.4 is 10.6 Å². The van der Waals surface area contributed by atoms with Crippen LogP contribution in [-0.2, 0) is 0 Å². The van der Waals surface area contributed by atoms with Crippen molar-refractivity contribution in [3.63, 3.8) is 0 Å². The Morgan fingerprint density at radius 1 is 1.33 bits per heavy atom. The van der Waals surface area contributed by atoms with E-state index in [2.05, 4.69) is 17.2 Å². The normalized spacial score (nSPS) is 47.1. The van der Waals surface area contributed by atoms with Crippen LogP contribution in [0.25, 0.3) is 0 Å². The van der Waals surface area contributed by atoms with Crippen LogP contribution in [0.3, 0.4) is 0 Å². The van der Waals surface area contributed by atoms with E-state index in [1.807, 2.05) is 6.08 Å². The van der Waals surface area contributed by atoms with Crippen LogP contribution in [0.5, 0.6) is 0 Å². The summed E-state index contributed by atoms with van der Waals surface area (Å²) in [7, 11) is 0. The van der Waals surface area contributed by atoms with Crippen LogP contribution in [-0.4, -0.2) is 37.4 Å². The predicted molar refractivity (Wildman–Crippen MR) is 47.9 cm³/mol. The number of aliphatic hydroxyl groups excluding tert-OH is 1. The van der Waals surface area contributed by atoms with Gasteiger partial charge in [-0.2, -0.15) is 0 Å². The molecule has 12 heavy (non-hydrogen) atoms. The molecular weight excluding hydrogens is 152 g/mol. The van der Waals surface area contributed by atoms with E-state index in [1.54, 1.807) is 0 Å². The van der Waals surface area contributed by atoms with Crippen LogP contribution in [0.15, 0.2) is 12.7 Å². The monoisotopic (exact) mass is 168 g/mol. The van der Waals surface area contributed by atoms with Crippen LogP contribution >= 0.6 is 0 Å². The van der Waals surface area contributed by atoms with Gasteiger partial charge < -0.3 is 15.7 Å². The summed E-state index contributed by atoms with van der Waals surface area (Å²) >= 11 is 0. The lowest BCUT2D eigenvalue weighted by molar-refractivity contribution is -0.0347. The molecule has 1 atom stereocenters. The molecule has 68 valence electrons. The Morgan fingerprint density at radius 2 is 1.92 bits per heavy atom. The second-order valence-electron chi connectivity index (χ2n) is 3.90. The molecule has 0 aromatic heterocycles. The molecule has 3 N–H and O–H groups in total. The summed E-state index contributed by atoms with van der Waals surface area (Å²) in [6.45, 7) is 7.34. The summed E-state index contributed by atoms with van der Waals surface area (Å²) in [5, 5.41) is 16.7. The Hall–Kier alpha value is -0.380. The van der Waals surface area contributed by atoms with Gasteiger partial charge in [0.25, 0.3) is 0 Å². The minimum absolute atomic E-state index is 0.124. The average Bonchev–Trinajstić information content (AvgIpc) is 2.05. The van der Waals surface area contributed by atoms with E-state index in [4.69, 9.17) is 0 Å². The first kappa shape index (κ1) is 8.23. The van der Waals surface area contributed by atoms with Crippen molar-refractivity contribution < 1.29 is 5.11 Å². The first-order chi connectivity index (χ1) is 5.78. The fraction of sp³-hybridized carbons (Fsp3) is 0.778. The third-order valence-corrected chi connectivity index (χ3v) is 3.16. The number of rotatable bonds is 1. The van der Waals surface area contributed by atoms with Gasteiger partial charge in [-0.3, -0.25) is 0 Å².